The van der Waals surface area contributed by atoms with Crippen molar-refractivity contribution >= 4 is 17.6 Å². The molecule has 0 aliphatic rings. The van der Waals surface area contributed by atoms with Gasteiger partial charge >= 0.3 is 0 Å². The largest absolute Gasteiger partial charge is 0.507 e. The standard InChI is InChI=1S/C22H20N2O3/c1-22(2,17-9-5-3-6-10-17)20-14-19(24(26)27)13-16(21(20)25)15-23-18-11-7-4-8-12-18/h3-15,25H,1-2H3. The SMILES string of the molecule is CC(C)(c1ccccc1)c1cc([N+](=O)[O-])cc(C=Nc2ccccc2)c1O. The Morgan fingerprint density at radius 2 is 1.59 bits per heavy atom. The maximum absolute atomic E-state index is 11.4. The number of aliphatic imine (C=N–C) groups is 1. The van der Waals surface area contributed by atoms with Crippen LogP contribution in [0, 0.1) is 10.1 Å². The Balaban J connectivity index is 2.13. The van der Waals surface area contributed by atoms with Gasteiger partial charge in [-0.2, -0.15) is 0 Å². The van der Waals surface area contributed by atoms with Gasteiger partial charge in [0.25, 0.3) is 5.69 Å². The number of hydrogen-bond donors (Lipinski definition) is 1. The van der Waals surface area contributed by atoms with Crippen molar-refractivity contribution in [1.82, 2.24) is 0 Å². The number of rotatable bonds is 5. The zero-order valence-electron chi connectivity index (χ0n) is 15.2. The summed E-state index contributed by atoms with van der Waals surface area (Å²) in [4.78, 5) is 15.3. The zero-order chi connectivity index (χ0) is 19.4. The second-order valence-electron chi connectivity index (χ2n) is 6.77. The Labute approximate surface area is 157 Å². The van der Waals surface area contributed by atoms with Crippen LogP contribution in [0.3, 0.4) is 0 Å². The Morgan fingerprint density at radius 3 is 2.19 bits per heavy atom. The van der Waals surface area contributed by atoms with E-state index in [0.29, 0.717) is 16.8 Å². The topological polar surface area (TPSA) is 75.7 Å². The lowest BCUT2D eigenvalue weighted by molar-refractivity contribution is -0.385. The fraction of sp³-hybridized carbons (Fsp3) is 0.136. The highest BCUT2D eigenvalue weighted by atomic mass is 16.6. The molecule has 5 nitrogen and oxygen atoms in total. The maximum atomic E-state index is 11.4. The fourth-order valence-corrected chi connectivity index (χ4v) is 2.99. The van der Waals surface area contributed by atoms with Crippen LogP contribution in [0.5, 0.6) is 5.75 Å². The smallest absolute Gasteiger partial charge is 0.270 e. The van der Waals surface area contributed by atoms with Gasteiger partial charge in [-0.1, -0.05) is 62.4 Å². The first-order chi connectivity index (χ1) is 12.9. The van der Waals surface area contributed by atoms with Crippen molar-refractivity contribution in [2.75, 3.05) is 0 Å². The van der Waals surface area contributed by atoms with Crippen LogP contribution in [-0.4, -0.2) is 16.2 Å². The highest BCUT2D eigenvalue weighted by molar-refractivity contribution is 5.87. The van der Waals surface area contributed by atoms with Gasteiger partial charge in [0.2, 0.25) is 0 Å². The van der Waals surface area contributed by atoms with Crippen LogP contribution < -0.4 is 0 Å². The third-order valence-corrected chi connectivity index (χ3v) is 4.61. The van der Waals surface area contributed by atoms with Crippen LogP contribution in [0.1, 0.15) is 30.5 Å². The molecule has 0 aliphatic heterocycles. The second-order valence-corrected chi connectivity index (χ2v) is 6.77. The Kier molecular flexibility index (Phi) is 5.03. The summed E-state index contributed by atoms with van der Waals surface area (Å²) < 4.78 is 0. The molecule has 0 atom stereocenters. The van der Waals surface area contributed by atoms with Gasteiger partial charge in [0, 0.05) is 34.9 Å². The van der Waals surface area contributed by atoms with E-state index in [1.54, 1.807) is 0 Å². The molecule has 0 bridgehead atoms. The molecule has 0 saturated heterocycles. The van der Waals surface area contributed by atoms with E-state index in [1.807, 2.05) is 74.5 Å². The van der Waals surface area contributed by atoms with Crippen molar-refractivity contribution < 1.29 is 10.0 Å². The molecule has 0 saturated carbocycles. The molecule has 27 heavy (non-hydrogen) atoms. The Hall–Kier alpha value is -3.47. The molecule has 5 heteroatoms. The minimum atomic E-state index is -0.618. The molecular weight excluding hydrogens is 340 g/mol. The third-order valence-electron chi connectivity index (χ3n) is 4.61. The average Bonchev–Trinajstić information content (AvgIpc) is 2.68. The molecule has 0 unspecified atom stereocenters. The van der Waals surface area contributed by atoms with Gasteiger partial charge < -0.3 is 5.11 Å². The summed E-state index contributed by atoms with van der Waals surface area (Å²) in [6.07, 6.45) is 1.46. The molecule has 0 heterocycles. The number of benzene rings is 3. The maximum Gasteiger partial charge on any atom is 0.270 e. The van der Waals surface area contributed by atoms with E-state index in [0.717, 1.165) is 5.56 Å². The van der Waals surface area contributed by atoms with Crippen molar-refractivity contribution in [3.8, 4) is 5.75 Å². The molecule has 136 valence electrons. The molecule has 0 aromatic heterocycles. The lowest BCUT2D eigenvalue weighted by Crippen LogP contribution is -2.19. The minimum absolute atomic E-state index is 0.00543. The van der Waals surface area contributed by atoms with Gasteiger partial charge in [-0.3, -0.25) is 15.1 Å². The number of hydrogen-bond acceptors (Lipinski definition) is 4. The van der Waals surface area contributed by atoms with E-state index in [4.69, 9.17) is 0 Å². The molecule has 1 N–H and O–H groups in total. The molecular formula is C22H20N2O3. The number of nitrogens with zero attached hydrogens (tertiary/aromatic N) is 2. The first-order valence-electron chi connectivity index (χ1n) is 8.56. The normalized spacial score (nSPS) is 11.6. The van der Waals surface area contributed by atoms with Gasteiger partial charge in [0.15, 0.2) is 0 Å². The lowest BCUT2D eigenvalue weighted by Gasteiger charge is -2.27. The van der Waals surface area contributed by atoms with Gasteiger partial charge in [0.05, 0.1) is 10.6 Å². The molecule has 0 spiro atoms. The van der Waals surface area contributed by atoms with Crippen molar-refractivity contribution in [3.63, 3.8) is 0 Å². The van der Waals surface area contributed by atoms with Gasteiger partial charge in [-0.15, -0.1) is 0 Å². The zero-order valence-corrected chi connectivity index (χ0v) is 15.2. The number of nitro benzene ring substituents is 1. The number of nitro groups is 1. The van der Waals surface area contributed by atoms with Crippen molar-refractivity contribution in [2.45, 2.75) is 19.3 Å². The summed E-state index contributed by atoms with van der Waals surface area (Å²) in [5.41, 5.74) is 1.75. The van der Waals surface area contributed by atoms with Crippen LogP contribution in [-0.2, 0) is 5.41 Å². The number of para-hydroxylation sites is 1. The molecule has 0 aliphatic carbocycles. The Bertz CT molecular complexity index is 981. The summed E-state index contributed by atoms with van der Waals surface area (Å²) in [6.45, 7) is 3.86. The summed E-state index contributed by atoms with van der Waals surface area (Å²) >= 11 is 0. The summed E-state index contributed by atoms with van der Waals surface area (Å²) in [5.74, 6) is -0.00543. The Morgan fingerprint density at radius 1 is 1.00 bits per heavy atom. The molecule has 0 fully saturated rings. The molecule has 3 aromatic rings. The number of non-ortho nitro benzene ring substituents is 1. The molecule has 3 rings (SSSR count). The average molecular weight is 360 g/mol. The first kappa shape index (κ1) is 18.3. The van der Waals surface area contributed by atoms with Gasteiger partial charge in [0.1, 0.15) is 5.75 Å². The van der Waals surface area contributed by atoms with Crippen LogP contribution >= 0.6 is 0 Å². The monoisotopic (exact) mass is 360 g/mol. The van der Waals surface area contributed by atoms with Crippen molar-refractivity contribution in [2.24, 2.45) is 4.99 Å². The predicted octanol–water partition coefficient (Wildman–Crippen LogP) is 5.38. The van der Waals surface area contributed by atoms with Crippen molar-refractivity contribution in [3.05, 3.63) is 99.6 Å². The van der Waals surface area contributed by atoms with E-state index < -0.39 is 10.3 Å². The number of aromatic hydroxyl groups is 1. The van der Waals surface area contributed by atoms with Crippen LogP contribution in [0.4, 0.5) is 11.4 Å². The molecule has 0 radical (unpaired) electrons. The third kappa shape index (κ3) is 3.87. The quantitative estimate of drug-likeness (QED) is 0.377. The highest BCUT2D eigenvalue weighted by Gasteiger charge is 2.29. The van der Waals surface area contributed by atoms with E-state index in [-0.39, 0.29) is 11.4 Å². The first-order valence-corrected chi connectivity index (χ1v) is 8.56. The number of phenolic OH excluding ortho intramolecular Hbond substituents is 1. The van der Waals surface area contributed by atoms with Crippen molar-refractivity contribution in [1.29, 1.82) is 0 Å². The summed E-state index contributed by atoms with van der Waals surface area (Å²) in [7, 11) is 0. The molecule has 3 aromatic carbocycles. The minimum Gasteiger partial charge on any atom is -0.507 e. The van der Waals surface area contributed by atoms with E-state index in [1.165, 1.54) is 18.3 Å². The van der Waals surface area contributed by atoms with Crippen LogP contribution in [0.2, 0.25) is 0 Å². The van der Waals surface area contributed by atoms with Gasteiger partial charge in [-0.05, 0) is 17.7 Å². The lowest BCUT2D eigenvalue weighted by atomic mass is 9.77. The van der Waals surface area contributed by atoms with Crippen LogP contribution in [0.15, 0.2) is 77.8 Å². The summed E-state index contributed by atoms with van der Waals surface area (Å²) in [5, 5.41) is 22.3. The van der Waals surface area contributed by atoms with Crippen LogP contribution in [0.25, 0.3) is 0 Å². The highest BCUT2D eigenvalue weighted by Crippen LogP contribution is 2.40. The van der Waals surface area contributed by atoms with E-state index >= 15 is 0 Å². The van der Waals surface area contributed by atoms with E-state index in [9.17, 15) is 15.2 Å². The summed E-state index contributed by atoms with van der Waals surface area (Å²) in [6, 6.07) is 21.6. The second kappa shape index (κ2) is 7.41. The van der Waals surface area contributed by atoms with E-state index in [2.05, 4.69) is 4.99 Å². The predicted molar refractivity (Wildman–Crippen MR) is 107 cm³/mol. The number of phenols is 1. The van der Waals surface area contributed by atoms with Gasteiger partial charge in [-0.25, -0.2) is 0 Å². The molecule has 0 amide bonds. The fourth-order valence-electron chi connectivity index (χ4n) is 2.99.